The smallest absolute Gasteiger partial charge is 0.412 e. The molecule has 1 amide bonds. The van der Waals surface area contributed by atoms with Gasteiger partial charge in [0.2, 0.25) is 0 Å². The monoisotopic (exact) mass is 506 g/mol. The van der Waals surface area contributed by atoms with E-state index in [-0.39, 0.29) is 6.61 Å². The summed E-state index contributed by atoms with van der Waals surface area (Å²) in [5, 5.41) is 2.72. The van der Waals surface area contributed by atoms with E-state index in [1.807, 2.05) is 88.4 Å². The van der Waals surface area contributed by atoms with Crippen LogP contribution in [0.2, 0.25) is 0 Å². The number of hydrogen-bond donors (Lipinski definition) is 1. The first-order chi connectivity index (χ1) is 17.8. The summed E-state index contributed by atoms with van der Waals surface area (Å²) in [5.41, 5.74) is 3.38. The first kappa shape index (κ1) is 27.9. The maximum Gasteiger partial charge on any atom is 0.412 e. The number of carbonyl (C=O) groups is 1. The van der Waals surface area contributed by atoms with Crippen LogP contribution in [0.3, 0.4) is 0 Å². The van der Waals surface area contributed by atoms with E-state index >= 15 is 0 Å². The van der Waals surface area contributed by atoms with Crippen molar-refractivity contribution in [3.05, 3.63) is 101 Å². The summed E-state index contributed by atoms with van der Waals surface area (Å²) >= 11 is 0. The fourth-order valence-electron chi connectivity index (χ4n) is 3.50. The first-order valence-electron chi connectivity index (χ1n) is 12.3. The molecule has 0 aromatic heterocycles. The van der Waals surface area contributed by atoms with Crippen LogP contribution in [0.5, 0.6) is 0 Å². The van der Waals surface area contributed by atoms with Crippen LogP contribution in [0, 0.1) is 0 Å². The molecule has 196 valence electrons. The number of amides is 1. The number of halogens is 1. The number of aliphatic imine (C=N–C) groups is 1. The predicted molar refractivity (Wildman–Crippen MR) is 145 cm³/mol. The largest absolute Gasteiger partial charge is 0.483 e. The lowest BCUT2D eigenvalue weighted by Gasteiger charge is -2.20. The van der Waals surface area contributed by atoms with E-state index in [1.54, 1.807) is 18.2 Å². The van der Waals surface area contributed by atoms with Crippen molar-refractivity contribution in [2.45, 2.75) is 52.4 Å². The van der Waals surface area contributed by atoms with E-state index in [9.17, 15) is 9.18 Å². The number of nitrogens with zero attached hydrogens (tertiary/aromatic N) is 1. The Bertz CT molecular complexity index is 1150. The number of allylic oxidation sites excluding steroid dienone is 4. The molecule has 0 radical (unpaired) electrons. The molecule has 0 bridgehead atoms. The Balaban J connectivity index is 1.69. The van der Waals surface area contributed by atoms with Gasteiger partial charge in [0.25, 0.3) is 0 Å². The van der Waals surface area contributed by atoms with Crippen LogP contribution in [0.1, 0.15) is 45.2 Å². The number of benzene rings is 2. The van der Waals surface area contributed by atoms with Gasteiger partial charge in [0.15, 0.2) is 6.10 Å². The molecule has 0 fully saturated rings. The molecule has 1 unspecified atom stereocenters. The van der Waals surface area contributed by atoms with E-state index in [0.717, 1.165) is 16.8 Å². The Morgan fingerprint density at radius 1 is 1.14 bits per heavy atom. The number of rotatable bonds is 10. The first-order valence-corrected chi connectivity index (χ1v) is 12.3. The fraction of sp³-hybridized carbons (Fsp3) is 0.333. The second-order valence-corrected chi connectivity index (χ2v) is 9.51. The highest BCUT2D eigenvalue weighted by Crippen LogP contribution is 2.23. The topological polar surface area (TPSA) is 69.2 Å². The summed E-state index contributed by atoms with van der Waals surface area (Å²) in [5.74, 6) is 0.513. The quantitative estimate of drug-likeness (QED) is 0.348. The Kier molecular flexibility index (Phi) is 10.2. The molecule has 0 saturated carbocycles. The number of dihydropyridines is 1. The van der Waals surface area contributed by atoms with Crippen molar-refractivity contribution >= 4 is 17.5 Å². The zero-order chi connectivity index (χ0) is 26.7. The van der Waals surface area contributed by atoms with Crippen LogP contribution in [-0.2, 0) is 20.8 Å². The summed E-state index contributed by atoms with van der Waals surface area (Å²) < 4.78 is 30.8. The van der Waals surface area contributed by atoms with Crippen molar-refractivity contribution in [2.24, 2.45) is 4.99 Å². The number of ether oxygens (including phenoxy) is 3. The van der Waals surface area contributed by atoms with Crippen molar-refractivity contribution in [1.29, 1.82) is 0 Å². The summed E-state index contributed by atoms with van der Waals surface area (Å²) in [7, 11) is 0. The minimum Gasteiger partial charge on any atom is -0.483 e. The SMILES string of the molecule is C/C=C\C(OC(CF)COCc1ccccc1)=C1/CC=CC(c2ccc(NC(=O)OC(C)(C)C)cc2)=N1. The lowest BCUT2D eigenvalue weighted by molar-refractivity contribution is -0.000207. The number of alkyl halides is 1. The number of nitrogens with one attached hydrogen (secondary N) is 1. The van der Waals surface area contributed by atoms with Gasteiger partial charge >= 0.3 is 6.09 Å². The number of hydrogen-bond acceptors (Lipinski definition) is 5. The molecule has 2 aromatic rings. The van der Waals surface area contributed by atoms with Gasteiger partial charge < -0.3 is 14.2 Å². The van der Waals surface area contributed by atoms with Gasteiger partial charge in [-0.3, -0.25) is 5.32 Å². The van der Waals surface area contributed by atoms with Gasteiger partial charge in [-0.15, -0.1) is 0 Å². The van der Waals surface area contributed by atoms with E-state index in [0.29, 0.717) is 30.2 Å². The average Bonchev–Trinajstić information content (AvgIpc) is 2.87. The second-order valence-electron chi connectivity index (χ2n) is 9.51. The van der Waals surface area contributed by atoms with E-state index in [1.165, 1.54) is 0 Å². The van der Waals surface area contributed by atoms with Crippen molar-refractivity contribution in [3.8, 4) is 0 Å². The zero-order valence-electron chi connectivity index (χ0n) is 21.9. The molecule has 0 spiro atoms. The van der Waals surface area contributed by atoms with Gasteiger partial charge in [0.1, 0.15) is 18.0 Å². The zero-order valence-corrected chi connectivity index (χ0v) is 21.9. The minimum absolute atomic E-state index is 0.123. The lowest BCUT2D eigenvalue weighted by Crippen LogP contribution is -2.27. The normalized spacial score (nSPS) is 15.8. The summed E-state index contributed by atoms with van der Waals surface area (Å²) in [4.78, 5) is 16.8. The van der Waals surface area contributed by atoms with Crippen LogP contribution in [0.15, 0.2) is 95.3 Å². The summed E-state index contributed by atoms with van der Waals surface area (Å²) in [6, 6.07) is 17.1. The molecule has 0 saturated heterocycles. The van der Waals surface area contributed by atoms with Crippen molar-refractivity contribution in [2.75, 3.05) is 18.6 Å². The predicted octanol–water partition coefficient (Wildman–Crippen LogP) is 7.14. The van der Waals surface area contributed by atoms with Crippen LogP contribution >= 0.6 is 0 Å². The standard InChI is InChI=1S/C30H35FN2O4/c1-5-10-28(36-25(19-31)21-35-20-22-11-7-6-8-12-22)27-14-9-13-26(33-27)23-15-17-24(18-16-23)32-29(34)37-30(2,3)4/h5-13,15-18,25H,14,19-21H2,1-4H3,(H,32,34)/b10-5-,28-27-. The molecular weight excluding hydrogens is 471 g/mol. The third-order valence-corrected chi connectivity index (χ3v) is 5.15. The lowest BCUT2D eigenvalue weighted by atomic mass is 10.1. The van der Waals surface area contributed by atoms with E-state index < -0.39 is 24.5 Å². The molecule has 1 aliphatic heterocycles. The Hall–Kier alpha value is -3.71. The van der Waals surface area contributed by atoms with Gasteiger partial charge in [-0.2, -0.15) is 0 Å². The third-order valence-electron chi connectivity index (χ3n) is 5.15. The molecule has 2 aromatic carbocycles. The average molecular weight is 507 g/mol. The fourth-order valence-corrected chi connectivity index (χ4v) is 3.50. The highest BCUT2D eigenvalue weighted by molar-refractivity contribution is 6.10. The van der Waals surface area contributed by atoms with Crippen molar-refractivity contribution < 1.29 is 23.4 Å². The van der Waals surface area contributed by atoms with Crippen molar-refractivity contribution in [1.82, 2.24) is 0 Å². The molecule has 1 atom stereocenters. The van der Waals surface area contributed by atoms with Crippen LogP contribution in [0.4, 0.5) is 14.9 Å². The Morgan fingerprint density at radius 3 is 2.51 bits per heavy atom. The van der Waals surface area contributed by atoms with E-state index in [2.05, 4.69) is 5.32 Å². The number of carbonyl (C=O) groups excluding carboxylic acids is 1. The van der Waals surface area contributed by atoms with Crippen LogP contribution < -0.4 is 5.32 Å². The molecule has 7 heteroatoms. The Labute approximate surface area is 218 Å². The van der Waals surface area contributed by atoms with E-state index in [4.69, 9.17) is 19.2 Å². The molecule has 1 heterocycles. The summed E-state index contributed by atoms with van der Waals surface area (Å²) in [6.45, 7) is 7.15. The Morgan fingerprint density at radius 2 is 1.86 bits per heavy atom. The third kappa shape index (κ3) is 9.35. The maximum atomic E-state index is 13.8. The minimum atomic E-state index is -0.745. The highest BCUT2D eigenvalue weighted by Gasteiger charge is 2.18. The second kappa shape index (κ2) is 13.6. The van der Waals surface area contributed by atoms with Gasteiger partial charge in [0.05, 0.1) is 24.6 Å². The van der Waals surface area contributed by atoms with Crippen molar-refractivity contribution in [3.63, 3.8) is 0 Å². The molecule has 1 aliphatic rings. The molecule has 0 aliphatic carbocycles. The van der Waals surface area contributed by atoms with Gasteiger partial charge in [0, 0.05) is 17.7 Å². The molecule has 37 heavy (non-hydrogen) atoms. The highest BCUT2D eigenvalue weighted by atomic mass is 19.1. The number of anilines is 1. The molecule has 1 N–H and O–H groups in total. The summed E-state index contributed by atoms with van der Waals surface area (Å²) in [6.07, 6.45) is 6.87. The van der Waals surface area contributed by atoms with Gasteiger partial charge in [-0.25, -0.2) is 14.2 Å². The van der Waals surface area contributed by atoms with Gasteiger partial charge in [-0.1, -0.05) is 54.6 Å². The van der Waals surface area contributed by atoms with Gasteiger partial charge in [-0.05, 0) is 57.5 Å². The molecule has 3 rings (SSSR count). The van der Waals surface area contributed by atoms with Crippen LogP contribution in [0.25, 0.3) is 0 Å². The molecular formula is C30H35FN2O4. The molecule has 6 nitrogen and oxygen atoms in total. The maximum absolute atomic E-state index is 13.8. The van der Waals surface area contributed by atoms with Crippen LogP contribution in [-0.4, -0.2) is 36.8 Å².